The molecule has 0 heterocycles. The van der Waals surface area contributed by atoms with Gasteiger partial charge in [0.1, 0.15) is 5.75 Å². The van der Waals surface area contributed by atoms with Crippen molar-refractivity contribution < 1.29 is 4.74 Å². The molecule has 0 aliphatic heterocycles. The first-order chi connectivity index (χ1) is 10.1. The molecule has 1 aromatic rings. The second-order valence-corrected chi connectivity index (χ2v) is 6.21. The van der Waals surface area contributed by atoms with E-state index in [2.05, 4.69) is 32.9 Å². The molecule has 1 aromatic carbocycles. The SMILES string of the molecule is CCCCCCCCCC(N)c1c(C)cc(C)cc1OC. The maximum Gasteiger partial charge on any atom is 0.124 e. The third kappa shape index (κ3) is 6.09. The van der Waals surface area contributed by atoms with Crippen LogP contribution in [0.4, 0.5) is 0 Å². The third-order valence-electron chi connectivity index (χ3n) is 4.20. The summed E-state index contributed by atoms with van der Waals surface area (Å²) in [7, 11) is 1.73. The molecule has 120 valence electrons. The smallest absolute Gasteiger partial charge is 0.124 e. The average Bonchev–Trinajstić information content (AvgIpc) is 2.45. The van der Waals surface area contributed by atoms with Crippen molar-refractivity contribution in [2.24, 2.45) is 5.73 Å². The van der Waals surface area contributed by atoms with Crippen molar-refractivity contribution in [3.8, 4) is 5.75 Å². The molecule has 0 aromatic heterocycles. The van der Waals surface area contributed by atoms with E-state index in [9.17, 15) is 0 Å². The maximum atomic E-state index is 6.40. The molecule has 0 radical (unpaired) electrons. The third-order valence-corrected chi connectivity index (χ3v) is 4.20. The van der Waals surface area contributed by atoms with Gasteiger partial charge in [0, 0.05) is 11.6 Å². The highest BCUT2D eigenvalue weighted by Gasteiger charge is 2.15. The topological polar surface area (TPSA) is 35.2 Å². The number of hydrogen-bond donors (Lipinski definition) is 1. The second-order valence-electron chi connectivity index (χ2n) is 6.21. The van der Waals surface area contributed by atoms with E-state index in [-0.39, 0.29) is 6.04 Å². The number of hydrogen-bond acceptors (Lipinski definition) is 2. The standard InChI is InChI=1S/C19H33NO/c1-5-6-7-8-9-10-11-12-17(20)19-16(3)13-15(2)14-18(19)21-4/h13-14,17H,5-12,20H2,1-4H3. The molecular weight excluding hydrogens is 258 g/mol. The molecule has 1 atom stereocenters. The summed E-state index contributed by atoms with van der Waals surface area (Å²) < 4.78 is 5.52. The van der Waals surface area contributed by atoms with Gasteiger partial charge in [0.2, 0.25) is 0 Å². The summed E-state index contributed by atoms with van der Waals surface area (Å²) in [5.74, 6) is 0.947. The van der Waals surface area contributed by atoms with E-state index < -0.39 is 0 Å². The van der Waals surface area contributed by atoms with Gasteiger partial charge in [-0.15, -0.1) is 0 Å². The zero-order valence-electron chi connectivity index (χ0n) is 14.4. The number of ether oxygens (including phenoxy) is 1. The van der Waals surface area contributed by atoms with Crippen LogP contribution in [-0.4, -0.2) is 7.11 Å². The van der Waals surface area contributed by atoms with Gasteiger partial charge in [0.15, 0.2) is 0 Å². The van der Waals surface area contributed by atoms with Crippen LogP contribution in [0.25, 0.3) is 0 Å². The minimum atomic E-state index is 0.0937. The van der Waals surface area contributed by atoms with Crippen LogP contribution in [0.1, 0.15) is 81.0 Å². The fourth-order valence-electron chi connectivity index (χ4n) is 3.05. The number of unbranched alkanes of at least 4 members (excludes halogenated alkanes) is 6. The van der Waals surface area contributed by atoms with E-state index in [4.69, 9.17) is 10.5 Å². The predicted octanol–water partition coefficient (Wildman–Crippen LogP) is 5.45. The van der Waals surface area contributed by atoms with Crippen molar-refractivity contribution in [2.45, 2.75) is 78.2 Å². The van der Waals surface area contributed by atoms with E-state index in [1.807, 2.05) is 0 Å². The number of methoxy groups -OCH3 is 1. The van der Waals surface area contributed by atoms with Gasteiger partial charge in [-0.05, 0) is 37.5 Å². The Balaban J connectivity index is 2.43. The first-order valence-corrected chi connectivity index (χ1v) is 8.50. The number of aryl methyl sites for hydroxylation is 2. The van der Waals surface area contributed by atoms with Gasteiger partial charge >= 0.3 is 0 Å². The summed E-state index contributed by atoms with van der Waals surface area (Å²) in [6.07, 6.45) is 10.3. The van der Waals surface area contributed by atoms with Crippen molar-refractivity contribution in [3.63, 3.8) is 0 Å². The monoisotopic (exact) mass is 291 g/mol. The van der Waals surface area contributed by atoms with E-state index in [1.165, 1.54) is 61.6 Å². The van der Waals surface area contributed by atoms with Gasteiger partial charge in [-0.25, -0.2) is 0 Å². The Morgan fingerprint density at radius 2 is 1.62 bits per heavy atom. The first-order valence-electron chi connectivity index (χ1n) is 8.50. The fourth-order valence-corrected chi connectivity index (χ4v) is 3.05. The van der Waals surface area contributed by atoms with Gasteiger partial charge in [0.05, 0.1) is 7.11 Å². The van der Waals surface area contributed by atoms with Crippen molar-refractivity contribution in [2.75, 3.05) is 7.11 Å². The van der Waals surface area contributed by atoms with Crippen LogP contribution in [0.5, 0.6) is 5.75 Å². The van der Waals surface area contributed by atoms with Crippen molar-refractivity contribution in [1.82, 2.24) is 0 Å². The lowest BCUT2D eigenvalue weighted by Gasteiger charge is -2.19. The fraction of sp³-hybridized carbons (Fsp3) is 0.684. The summed E-state index contributed by atoms with van der Waals surface area (Å²) in [6, 6.07) is 4.38. The molecule has 0 aliphatic carbocycles. The van der Waals surface area contributed by atoms with Crippen molar-refractivity contribution in [3.05, 3.63) is 28.8 Å². The van der Waals surface area contributed by atoms with Crippen molar-refractivity contribution in [1.29, 1.82) is 0 Å². The average molecular weight is 291 g/mol. The Hall–Kier alpha value is -1.02. The molecule has 0 amide bonds. The van der Waals surface area contributed by atoms with Gasteiger partial charge in [-0.1, -0.05) is 57.9 Å². The molecular formula is C19H33NO. The summed E-state index contributed by atoms with van der Waals surface area (Å²) in [6.45, 7) is 6.49. The Kier molecular flexibility index (Phi) is 8.44. The van der Waals surface area contributed by atoms with E-state index >= 15 is 0 Å². The molecule has 2 nitrogen and oxygen atoms in total. The molecule has 2 N–H and O–H groups in total. The minimum absolute atomic E-state index is 0.0937. The zero-order chi connectivity index (χ0) is 15.7. The molecule has 1 rings (SSSR count). The largest absolute Gasteiger partial charge is 0.496 e. The Bertz CT molecular complexity index is 414. The highest BCUT2D eigenvalue weighted by molar-refractivity contribution is 5.44. The summed E-state index contributed by atoms with van der Waals surface area (Å²) in [5, 5.41) is 0. The van der Waals surface area contributed by atoms with Crippen LogP contribution in [-0.2, 0) is 0 Å². The lowest BCUT2D eigenvalue weighted by molar-refractivity contribution is 0.402. The summed E-state index contributed by atoms with van der Waals surface area (Å²) in [5.41, 5.74) is 10.1. The van der Waals surface area contributed by atoms with Crippen LogP contribution in [0.15, 0.2) is 12.1 Å². The Morgan fingerprint density at radius 1 is 1.00 bits per heavy atom. The molecule has 0 bridgehead atoms. The number of rotatable bonds is 10. The van der Waals surface area contributed by atoms with Gasteiger partial charge in [0.25, 0.3) is 0 Å². The number of nitrogens with two attached hydrogens (primary N) is 1. The van der Waals surface area contributed by atoms with Gasteiger partial charge in [-0.3, -0.25) is 0 Å². The summed E-state index contributed by atoms with van der Waals surface area (Å²) >= 11 is 0. The molecule has 2 heteroatoms. The highest BCUT2D eigenvalue weighted by Crippen LogP contribution is 2.31. The van der Waals surface area contributed by atoms with E-state index in [0.717, 1.165) is 12.2 Å². The quantitative estimate of drug-likeness (QED) is 0.581. The van der Waals surface area contributed by atoms with Crippen LogP contribution in [0.3, 0.4) is 0 Å². The van der Waals surface area contributed by atoms with Crippen molar-refractivity contribution >= 4 is 0 Å². The van der Waals surface area contributed by atoms with E-state index in [1.54, 1.807) is 7.11 Å². The molecule has 0 aliphatic rings. The number of benzene rings is 1. The maximum absolute atomic E-state index is 6.40. The Labute approximate surface area is 131 Å². The lowest BCUT2D eigenvalue weighted by atomic mass is 9.94. The van der Waals surface area contributed by atoms with Crippen LogP contribution < -0.4 is 10.5 Å². The predicted molar refractivity (Wildman–Crippen MR) is 92.0 cm³/mol. The normalized spacial score (nSPS) is 12.4. The molecule has 0 saturated heterocycles. The Morgan fingerprint density at radius 3 is 2.24 bits per heavy atom. The molecule has 0 saturated carbocycles. The van der Waals surface area contributed by atoms with Gasteiger partial charge in [-0.2, -0.15) is 0 Å². The van der Waals surface area contributed by atoms with E-state index in [0.29, 0.717) is 0 Å². The molecule has 0 fully saturated rings. The molecule has 1 unspecified atom stereocenters. The highest BCUT2D eigenvalue weighted by atomic mass is 16.5. The van der Waals surface area contributed by atoms with Crippen LogP contribution in [0, 0.1) is 13.8 Å². The minimum Gasteiger partial charge on any atom is -0.496 e. The second kappa shape index (κ2) is 9.83. The zero-order valence-corrected chi connectivity index (χ0v) is 14.4. The van der Waals surface area contributed by atoms with Crippen LogP contribution >= 0.6 is 0 Å². The summed E-state index contributed by atoms with van der Waals surface area (Å²) in [4.78, 5) is 0. The first kappa shape index (κ1) is 18.0. The molecule has 21 heavy (non-hydrogen) atoms. The van der Waals surface area contributed by atoms with Crippen LogP contribution in [0.2, 0.25) is 0 Å². The lowest BCUT2D eigenvalue weighted by Crippen LogP contribution is -2.13. The van der Waals surface area contributed by atoms with Gasteiger partial charge < -0.3 is 10.5 Å². The molecule has 0 spiro atoms.